The number of thiophene rings is 1. The van der Waals surface area contributed by atoms with Gasteiger partial charge in [0.15, 0.2) is 0 Å². The van der Waals surface area contributed by atoms with Crippen molar-refractivity contribution in [1.29, 1.82) is 0 Å². The topological polar surface area (TPSA) is 38.0 Å². The number of halogens is 1. The molecule has 2 rings (SSSR count). The van der Waals surface area contributed by atoms with E-state index in [1.807, 2.05) is 18.2 Å². The molecule has 0 saturated heterocycles. The molecule has 1 aromatic carbocycles. The predicted octanol–water partition coefficient (Wildman–Crippen LogP) is 3.46. The molecule has 1 atom stereocenters. The van der Waals surface area contributed by atoms with Crippen LogP contribution in [0.15, 0.2) is 35.7 Å². The van der Waals surface area contributed by atoms with Crippen LogP contribution in [0.25, 0.3) is 0 Å². The van der Waals surface area contributed by atoms with Crippen molar-refractivity contribution in [2.24, 2.45) is 5.84 Å². The van der Waals surface area contributed by atoms with Crippen LogP contribution in [0.3, 0.4) is 0 Å². The summed E-state index contributed by atoms with van der Waals surface area (Å²) in [6, 6.07) is 10.2. The Morgan fingerprint density at radius 3 is 2.88 bits per heavy atom. The Morgan fingerprint density at radius 2 is 2.24 bits per heavy atom. The van der Waals surface area contributed by atoms with E-state index in [1.165, 1.54) is 10.4 Å². The Balaban J connectivity index is 2.25. The molecule has 3 N–H and O–H groups in total. The monoisotopic (exact) mass is 266 g/mol. The van der Waals surface area contributed by atoms with Gasteiger partial charge in [0.25, 0.3) is 0 Å². The number of rotatable bonds is 4. The molecule has 0 aliphatic carbocycles. The highest BCUT2D eigenvalue weighted by Crippen LogP contribution is 2.25. The molecule has 90 valence electrons. The molecule has 1 aromatic heterocycles. The SMILES string of the molecule is Cc1ccc(Cl)cc1C(Cc1cccs1)NN. The van der Waals surface area contributed by atoms with Crippen molar-refractivity contribution in [3.8, 4) is 0 Å². The lowest BCUT2D eigenvalue weighted by Crippen LogP contribution is -2.29. The minimum absolute atomic E-state index is 0.104. The Labute approximate surface area is 110 Å². The molecule has 0 fully saturated rings. The van der Waals surface area contributed by atoms with Gasteiger partial charge in [-0.2, -0.15) is 0 Å². The van der Waals surface area contributed by atoms with Crippen molar-refractivity contribution in [1.82, 2.24) is 5.43 Å². The van der Waals surface area contributed by atoms with Crippen LogP contribution < -0.4 is 11.3 Å². The summed E-state index contributed by atoms with van der Waals surface area (Å²) >= 11 is 7.78. The van der Waals surface area contributed by atoms with E-state index in [9.17, 15) is 0 Å². The Morgan fingerprint density at radius 1 is 1.41 bits per heavy atom. The van der Waals surface area contributed by atoms with E-state index in [0.29, 0.717) is 0 Å². The van der Waals surface area contributed by atoms with Crippen molar-refractivity contribution in [2.75, 3.05) is 0 Å². The van der Waals surface area contributed by atoms with Crippen molar-refractivity contribution in [3.63, 3.8) is 0 Å². The molecule has 1 heterocycles. The normalized spacial score (nSPS) is 12.6. The van der Waals surface area contributed by atoms with E-state index in [-0.39, 0.29) is 6.04 Å². The molecule has 4 heteroatoms. The molecule has 0 spiro atoms. The van der Waals surface area contributed by atoms with Gasteiger partial charge in [0.1, 0.15) is 0 Å². The van der Waals surface area contributed by atoms with Gasteiger partial charge in [-0.05, 0) is 41.6 Å². The van der Waals surface area contributed by atoms with Crippen molar-refractivity contribution in [2.45, 2.75) is 19.4 Å². The first-order valence-electron chi connectivity index (χ1n) is 5.45. The minimum atomic E-state index is 0.104. The van der Waals surface area contributed by atoms with Crippen LogP contribution in [0.2, 0.25) is 5.02 Å². The molecule has 2 aromatic rings. The van der Waals surface area contributed by atoms with E-state index >= 15 is 0 Å². The Bertz CT molecular complexity index is 482. The fourth-order valence-corrected chi connectivity index (χ4v) is 2.81. The third kappa shape index (κ3) is 3.07. The second-order valence-corrected chi connectivity index (χ2v) is 5.47. The summed E-state index contributed by atoms with van der Waals surface area (Å²) < 4.78 is 0. The second kappa shape index (κ2) is 5.65. The van der Waals surface area contributed by atoms with Crippen LogP contribution >= 0.6 is 22.9 Å². The number of hydrogen-bond acceptors (Lipinski definition) is 3. The molecule has 0 amide bonds. The second-order valence-electron chi connectivity index (χ2n) is 4.00. The highest BCUT2D eigenvalue weighted by atomic mass is 35.5. The number of benzene rings is 1. The zero-order valence-corrected chi connectivity index (χ0v) is 11.2. The standard InChI is InChI=1S/C13H15ClN2S/c1-9-4-5-10(14)7-12(9)13(16-15)8-11-3-2-6-17-11/h2-7,13,16H,8,15H2,1H3. The fraction of sp³-hybridized carbons (Fsp3) is 0.231. The first-order chi connectivity index (χ1) is 8.20. The highest BCUT2D eigenvalue weighted by Gasteiger charge is 2.13. The van der Waals surface area contributed by atoms with Gasteiger partial charge in [0.2, 0.25) is 0 Å². The van der Waals surface area contributed by atoms with Gasteiger partial charge in [-0.3, -0.25) is 11.3 Å². The third-order valence-corrected chi connectivity index (χ3v) is 3.94. The van der Waals surface area contributed by atoms with E-state index in [0.717, 1.165) is 17.0 Å². The van der Waals surface area contributed by atoms with Gasteiger partial charge in [-0.25, -0.2) is 0 Å². The van der Waals surface area contributed by atoms with E-state index in [2.05, 4.69) is 29.9 Å². The molecular formula is C13H15ClN2S. The summed E-state index contributed by atoms with van der Waals surface area (Å²) in [7, 11) is 0. The first kappa shape index (κ1) is 12.6. The number of nitrogens with one attached hydrogen (secondary N) is 1. The van der Waals surface area contributed by atoms with Gasteiger partial charge in [0, 0.05) is 16.3 Å². The number of hydrazine groups is 1. The highest BCUT2D eigenvalue weighted by molar-refractivity contribution is 7.09. The summed E-state index contributed by atoms with van der Waals surface area (Å²) in [5, 5.41) is 2.82. The van der Waals surface area contributed by atoms with Crippen LogP contribution in [-0.2, 0) is 6.42 Å². The molecule has 0 saturated carbocycles. The van der Waals surface area contributed by atoms with Gasteiger partial charge in [-0.15, -0.1) is 11.3 Å². The molecule has 17 heavy (non-hydrogen) atoms. The predicted molar refractivity (Wildman–Crippen MR) is 74.3 cm³/mol. The summed E-state index contributed by atoms with van der Waals surface area (Å²) in [4.78, 5) is 1.31. The summed E-state index contributed by atoms with van der Waals surface area (Å²) in [6.45, 7) is 2.07. The van der Waals surface area contributed by atoms with E-state index in [4.69, 9.17) is 17.4 Å². The van der Waals surface area contributed by atoms with Gasteiger partial charge in [-0.1, -0.05) is 23.7 Å². The summed E-state index contributed by atoms with van der Waals surface area (Å²) in [6.07, 6.45) is 0.884. The van der Waals surface area contributed by atoms with Crippen LogP contribution in [-0.4, -0.2) is 0 Å². The number of nitrogens with two attached hydrogens (primary N) is 1. The van der Waals surface area contributed by atoms with Crippen molar-refractivity contribution >= 4 is 22.9 Å². The van der Waals surface area contributed by atoms with Gasteiger partial charge < -0.3 is 0 Å². The summed E-state index contributed by atoms with van der Waals surface area (Å²) in [5.74, 6) is 5.65. The van der Waals surface area contributed by atoms with Crippen LogP contribution in [0.1, 0.15) is 22.0 Å². The molecule has 0 aliphatic rings. The molecule has 2 nitrogen and oxygen atoms in total. The maximum atomic E-state index is 6.03. The first-order valence-corrected chi connectivity index (χ1v) is 6.71. The molecule has 0 bridgehead atoms. The third-order valence-electron chi connectivity index (χ3n) is 2.80. The number of aryl methyl sites for hydroxylation is 1. The summed E-state index contributed by atoms with van der Waals surface area (Å²) in [5.41, 5.74) is 5.24. The Hall–Kier alpha value is -0.870. The smallest absolute Gasteiger partial charge is 0.0511 e. The lowest BCUT2D eigenvalue weighted by atomic mass is 9.99. The maximum Gasteiger partial charge on any atom is 0.0511 e. The average Bonchev–Trinajstić information content (AvgIpc) is 2.82. The Kier molecular flexibility index (Phi) is 4.18. The van der Waals surface area contributed by atoms with E-state index in [1.54, 1.807) is 11.3 Å². The lowest BCUT2D eigenvalue weighted by molar-refractivity contribution is 0.553. The quantitative estimate of drug-likeness (QED) is 0.657. The van der Waals surface area contributed by atoms with E-state index < -0.39 is 0 Å². The van der Waals surface area contributed by atoms with Crippen LogP contribution in [0.4, 0.5) is 0 Å². The largest absolute Gasteiger partial charge is 0.271 e. The maximum absolute atomic E-state index is 6.03. The van der Waals surface area contributed by atoms with Crippen molar-refractivity contribution in [3.05, 3.63) is 56.7 Å². The van der Waals surface area contributed by atoms with Crippen molar-refractivity contribution < 1.29 is 0 Å². The zero-order valence-electron chi connectivity index (χ0n) is 9.61. The minimum Gasteiger partial charge on any atom is -0.271 e. The van der Waals surface area contributed by atoms with Crippen LogP contribution in [0, 0.1) is 6.92 Å². The average molecular weight is 267 g/mol. The molecule has 0 radical (unpaired) electrons. The fourth-order valence-electron chi connectivity index (χ4n) is 1.88. The zero-order chi connectivity index (χ0) is 12.3. The lowest BCUT2D eigenvalue weighted by Gasteiger charge is -2.18. The van der Waals surface area contributed by atoms with Gasteiger partial charge >= 0.3 is 0 Å². The molecule has 0 aliphatic heterocycles. The molecule has 1 unspecified atom stereocenters. The molecular weight excluding hydrogens is 252 g/mol. The van der Waals surface area contributed by atoms with Crippen LogP contribution in [0.5, 0.6) is 0 Å². The van der Waals surface area contributed by atoms with Gasteiger partial charge in [0.05, 0.1) is 6.04 Å². The number of hydrogen-bond donors (Lipinski definition) is 2.